The molecule has 0 amide bonds. The summed E-state index contributed by atoms with van der Waals surface area (Å²) in [6.07, 6.45) is 8.57. The lowest BCUT2D eigenvalue weighted by Gasteiger charge is -2.45. The Morgan fingerprint density at radius 2 is 1.75 bits per heavy atom. The number of epoxide rings is 1. The molecule has 0 aromatic rings. The Bertz CT molecular complexity index is 358. The van der Waals surface area contributed by atoms with Gasteiger partial charge in [0.15, 0.2) is 0 Å². The Balaban J connectivity index is 1.89. The quantitative estimate of drug-likeness (QED) is 0.566. The van der Waals surface area contributed by atoms with Gasteiger partial charge in [-0.25, -0.2) is 0 Å². The lowest BCUT2D eigenvalue weighted by molar-refractivity contribution is 0.0308. The molecule has 4 fully saturated rings. The molecule has 5 atom stereocenters. The largest absolute Gasteiger partial charge is 0.369 e. The van der Waals surface area contributed by atoms with Crippen LogP contribution in [0.4, 0.5) is 0 Å². The molecule has 4 aliphatic rings. The molecular formula is C15H24O. The van der Waals surface area contributed by atoms with Crippen molar-refractivity contribution in [3.8, 4) is 0 Å². The molecule has 4 rings (SSSR count). The zero-order valence-corrected chi connectivity index (χ0v) is 10.9. The summed E-state index contributed by atoms with van der Waals surface area (Å²) in [7, 11) is 0. The van der Waals surface area contributed by atoms with E-state index in [1.807, 2.05) is 0 Å². The molecule has 3 aliphatic carbocycles. The van der Waals surface area contributed by atoms with E-state index in [0.29, 0.717) is 21.8 Å². The predicted molar refractivity (Wildman–Crippen MR) is 64.2 cm³/mol. The van der Waals surface area contributed by atoms with Crippen molar-refractivity contribution in [3.05, 3.63) is 0 Å². The van der Waals surface area contributed by atoms with Gasteiger partial charge in [-0.2, -0.15) is 0 Å². The van der Waals surface area contributed by atoms with Crippen LogP contribution in [0.5, 0.6) is 0 Å². The summed E-state index contributed by atoms with van der Waals surface area (Å²) >= 11 is 0. The summed E-state index contributed by atoms with van der Waals surface area (Å²) < 4.78 is 5.93. The predicted octanol–water partition coefficient (Wildman–Crippen LogP) is 3.77. The minimum Gasteiger partial charge on any atom is -0.369 e. The fourth-order valence-electron chi connectivity index (χ4n) is 6.07. The van der Waals surface area contributed by atoms with Crippen molar-refractivity contribution in [2.75, 3.05) is 6.61 Å². The first-order chi connectivity index (χ1) is 7.46. The van der Waals surface area contributed by atoms with E-state index in [2.05, 4.69) is 20.8 Å². The van der Waals surface area contributed by atoms with Gasteiger partial charge >= 0.3 is 0 Å². The summed E-state index contributed by atoms with van der Waals surface area (Å²) in [5.41, 5.74) is 2.13. The highest BCUT2D eigenvalue weighted by atomic mass is 16.6. The molecule has 3 saturated carbocycles. The molecule has 16 heavy (non-hydrogen) atoms. The third kappa shape index (κ3) is 0.776. The number of fused-ring (bicyclic) bond motifs is 6. The smallest absolute Gasteiger partial charge is 0.0950 e. The van der Waals surface area contributed by atoms with Gasteiger partial charge in [-0.1, -0.05) is 27.2 Å². The minimum atomic E-state index is 0.344. The normalized spacial score (nSPS) is 67.3. The van der Waals surface area contributed by atoms with Crippen LogP contribution in [0.1, 0.15) is 59.3 Å². The number of rotatable bonds is 0. The maximum atomic E-state index is 5.93. The van der Waals surface area contributed by atoms with Gasteiger partial charge in [-0.3, -0.25) is 0 Å². The Morgan fingerprint density at radius 1 is 1.00 bits per heavy atom. The first-order valence-electron chi connectivity index (χ1n) is 7.10. The Hall–Kier alpha value is -0.0400. The van der Waals surface area contributed by atoms with Gasteiger partial charge in [0.2, 0.25) is 0 Å². The molecule has 1 heterocycles. The van der Waals surface area contributed by atoms with Gasteiger partial charge in [0.05, 0.1) is 12.2 Å². The van der Waals surface area contributed by atoms with Gasteiger partial charge in [0, 0.05) is 0 Å². The average molecular weight is 220 g/mol. The minimum absolute atomic E-state index is 0.344. The third-order valence-electron chi connectivity index (χ3n) is 7.64. The van der Waals surface area contributed by atoms with Crippen LogP contribution in [0.3, 0.4) is 0 Å². The topological polar surface area (TPSA) is 12.5 Å². The summed E-state index contributed by atoms with van der Waals surface area (Å²) in [5.74, 6) is 0.867. The van der Waals surface area contributed by atoms with Crippen LogP contribution >= 0.6 is 0 Å². The fraction of sp³-hybridized carbons (Fsp3) is 1.00. The van der Waals surface area contributed by atoms with Crippen molar-refractivity contribution in [1.82, 2.24) is 0 Å². The SMILES string of the molecule is C[C@]12CC[C@]3(CO3)[C@H](C1)[C@@]1(C)CCC[C@@]21C. The van der Waals surface area contributed by atoms with Gasteiger partial charge in [0.25, 0.3) is 0 Å². The first kappa shape index (κ1) is 9.94. The van der Waals surface area contributed by atoms with Crippen LogP contribution in [-0.2, 0) is 4.74 Å². The first-order valence-corrected chi connectivity index (χ1v) is 7.10. The van der Waals surface area contributed by atoms with Crippen molar-refractivity contribution in [1.29, 1.82) is 0 Å². The van der Waals surface area contributed by atoms with Crippen molar-refractivity contribution < 1.29 is 4.74 Å². The number of hydrogen-bond acceptors (Lipinski definition) is 1. The zero-order chi connectivity index (χ0) is 11.2. The lowest BCUT2D eigenvalue weighted by Crippen LogP contribution is -2.39. The molecule has 0 aromatic heterocycles. The highest BCUT2D eigenvalue weighted by molar-refractivity contribution is 5.24. The summed E-state index contributed by atoms with van der Waals surface area (Å²) in [4.78, 5) is 0. The number of ether oxygens (including phenoxy) is 1. The highest BCUT2D eigenvalue weighted by Crippen LogP contribution is 2.79. The van der Waals surface area contributed by atoms with Crippen LogP contribution < -0.4 is 0 Å². The van der Waals surface area contributed by atoms with E-state index in [4.69, 9.17) is 4.74 Å². The van der Waals surface area contributed by atoms with E-state index in [0.717, 1.165) is 12.5 Å². The maximum Gasteiger partial charge on any atom is 0.0950 e. The molecular weight excluding hydrogens is 196 g/mol. The van der Waals surface area contributed by atoms with E-state index in [9.17, 15) is 0 Å². The van der Waals surface area contributed by atoms with Crippen LogP contribution in [0.25, 0.3) is 0 Å². The Labute approximate surface area is 98.9 Å². The second-order valence-electron chi connectivity index (χ2n) is 7.77. The van der Waals surface area contributed by atoms with Crippen LogP contribution in [0.2, 0.25) is 0 Å². The second-order valence-corrected chi connectivity index (χ2v) is 7.77. The van der Waals surface area contributed by atoms with Crippen molar-refractivity contribution in [2.24, 2.45) is 22.2 Å². The van der Waals surface area contributed by atoms with Crippen molar-refractivity contribution in [3.63, 3.8) is 0 Å². The highest BCUT2D eigenvalue weighted by Gasteiger charge is 2.75. The number of hydrogen-bond donors (Lipinski definition) is 0. The second kappa shape index (κ2) is 2.39. The monoisotopic (exact) mass is 220 g/mol. The van der Waals surface area contributed by atoms with E-state index in [1.54, 1.807) is 0 Å². The summed E-state index contributed by atoms with van der Waals surface area (Å²) in [6, 6.07) is 0. The van der Waals surface area contributed by atoms with Crippen LogP contribution in [0, 0.1) is 22.2 Å². The standard InChI is InChI=1S/C15H24O/c1-12-7-8-15(10-16-15)11(9-12)13(2)5-4-6-14(12,13)3/h11H,4-10H2,1-3H3/t11-,12+,13-,14+,15+/m1/s1. The lowest BCUT2D eigenvalue weighted by atomic mass is 9.59. The van der Waals surface area contributed by atoms with Crippen molar-refractivity contribution >= 4 is 0 Å². The summed E-state index contributed by atoms with van der Waals surface area (Å²) in [6.45, 7) is 8.83. The molecule has 90 valence electrons. The molecule has 1 heteroatoms. The molecule has 1 nitrogen and oxygen atoms in total. The van der Waals surface area contributed by atoms with E-state index in [1.165, 1.54) is 38.5 Å². The summed E-state index contributed by atoms with van der Waals surface area (Å²) in [5, 5.41) is 0. The molecule has 1 saturated heterocycles. The molecule has 0 radical (unpaired) electrons. The third-order valence-corrected chi connectivity index (χ3v) is 7.64. The molecule has 2 bridgehead atoms. The molecule has 1 aliphatic heterocycles. The Morgan fingerprint density at radius 3 is 2.44 bits per heavy atom. The molecule has 0 unspecified atom stereocenters. The van der Waals surface area contributed by atoms with E-state index in [-0.39, 0.29) is 0 Å². The van der Waals surface area contributed by atoms with E-state index >= 15 is 0 Å². The van der Waals surface area contributed by atoms with Gasteiger partial charge < -0.3 is 4.74 Å². The van der Waals surface area contributed by atoms with Crippen molar-refractivity contribution in [2.45, 2.75) is 64.9 Å². The van der Waals surface area contributed by atoms with Crippen LogP contribution in [-0.4, -0.2) is 12.2 Å². The molecule has 0 N–H and O–H groups in total. The maximum absolute atomic E-state index is 5.93. The fourth-order valence-corrected chi connectivity index (χ4v) is 6.07. The average Bonchev–Trinajstić information content (AvgIpc) is 2.91. The van der Waals surface area contributed by atoms with Gasteiger partial charge in [0.1, 0.15) is 0 Å². The van der Waals surface area contributed by atoms with E-state index < -0.39 is 0 Å². The van der Waals surface area contributed by atoms with Gasteiger partial charge in [-0.15, -0.1) is 0 Å². The van der Waals surface area contributed by atoms with Crippen LogP contribution in [0.15, 0.2) is 0 Å². The molecule has 1 spiro atoms. The zero-order valence-electron chi connectivity index (χ0n) is 10.9. The molecule has 0 aromatic carbocycles. The Kier molecular flexibility index (Phi) is 1.48. The van der Waals surface area contributed by atoms with Gasteiger partial charge in [-0.05, 0) is 54.3 Å².